The van der Waals surface area contributed by atoms with Crippen LogP contribution in [0.1, 0.15) is 50.7 Å². The van der Waals surface area contributed by atoms with Gasteiger partial charge in [0, 0.05) is 18.8 Å². The average Bonchev–Trinajstić information content (AvgIpc) is 3.22. The number of rotatable bonds is 13. The molecule has 6 nitrogen and oxygen atoms in total. The highest BCUT2D eigenvalue weighted by molar-refractivity contribution is 6.11. The zero-order valence-electron chi connectivity index (χ0n) is 21.5. The van der Waals surface area contributed by atoms with E-state index in [-0.39, 0.29) is 24.0 Å². The molecule has 2 atom stereocenters. The summed E-state index contributed by atoms with van der Waals surface area (Å²) in [4.78, 5) is 30.6. The lowest BCUT2D eigenvalue weighted by Gasteiger charge is -2.27. The number of nitrogens with zero attached hydrogens (tertiary/aromatic N) is 1. The molecule has 2 aromatic carbocycles. The van der Waals surface area contributed by atoms with Crippen molar-refractivity contribution in [2.24, 2.45) is 10.9 Å². The van der Waals surface area contributed by atoms with Crippen LogP contribution in [0.15, 0.2) is 77.8 Å². The zero-order chi connectivity index (χ0) is 26.0. The summed E-state index contributed by atoms with van der Waals surface area (Å²) in [6.45, 7) is 4.05. The zero-order valence-corrected chi connectivity index (χ0v) is 21.5. The van der Waals surface area contributed by atoms with Crippen LogP contribution >= 0.6 is 0 Å². The average molecular weight is 490 g/mol. The van der Waals surface area contributed by atoms with Crippen molar-refractivity contribution in [1.82, 2.24) is 0 Å². The van der Waals surface area contributed by atoms with Crippen LogP contribution in [0.4, 0.5) is 0 Å². The minimum Gasteiger partial charge on any atom is -0.496 e. The number of esters is 1. The van der Waals surface area contributed by atoms with Crippen molar-refractivity contribution >= 4 is 17.7 Å². The number of carbonyl (C=O) groups is 2. The molecule has 0 amide bonds. The predicted octanol–water partition coefficient (Wildman–Crippen LogP) is 5.89. The van der Waals surface area contributed by atoms with E-state index in [0.29, 0.717) is 23.5 Å². The van der Waals surface area contributed by atoms with E-state index in [1.165, 1.54) is 0 Å². The van der Waals surface area contributed by atoms with E-state index in [1.54, 1.807) is 38.5 Å². The molecular formula is C30H35NO5. The first-order valence-electron chi connectivity index (χ1n) is 12.4. The maximum Gasteiger partial charge on any atom is 0.341 e. The van der Waals surface area contributed by atoms with Gasteiger partial charge in [0.1, 0.15) is 17.1 Å². The minimum absolute atomic E-state index is 0.0311. The fraction of sp³-hybridized carbons (Fsp3) is 0.367. The van der Waals surface area contributed by atoms with E-state index in [2.05, 4.69) is 6.92 Å². The number of cyclic esters (lactones) is 1. The third kappa shape index (κ3) is 6.30. The van der Waals surface area contributed by atoms with Crippen molar-refractivity contribution in [3.05, 3.63) is 84.0 Å². The smallest absolute Gasteiger partial charge is 0.341 e. The normalized spacial score (nSPS) is 18.3. The number of methoxy groups -OCH3 is 2. The molecule has 3 rings (SSSR count). The minimum atomic E-state index is -1.20. The fourth-order valence-corrected chi connectivity index (χ4v) is 4.21. The molecule has 0 saturated heterocycles. The summed E-state index contributed by atoms with van der Waals surface area (Å²) in [6, 6.07) is 15.1. The van der Waals surface area contributed by atoms with E-state index < -0.39 is 11.5 Å². The molecule has 0 spiro atoms. The van der Waals surface area contributed by atoms with Crippen LogP contribution in [0.3, 0.4) is 0 Å². The third-order valence-corrected chi connectivity index (χ3v) is 6.33. The van der Waals surface area contributed by atoms with Crippen molar-refractivity contribution < 1.29 is 23.8 Å². The number of aliphatic imine (C=N–C) groups is 1. The first-order chi connectivity index (χ1) is 17.4. The number of unbranched alkanes of at least 4 members (excludes halogenated alkanes) is 2. The Hall–Kier alpha value is -3.67. The van der Waals surface area contributed by atoms with Crippen LogP contribution < -0.4 is 9.47 Å². The number of ketones is 1. The maximum atomic E-state index is 13.5. The van der Waals surface area contributed by atoms with Gasteiger partial charge in [-0.05, 0) is 30.2 Å². The number of benzene rings is 2. The lowest BCUT2D eigenvalue weighted by atomic mass is 9.80. The Morgan fingerprint density at radius 3 is 2.39 bits per heavy atom. The largest absolute Gasteiger partial charge is 0.496 e. The quantitative estimate of drug-likeness (QED) is 0.152. The second-order valence-corrected chi connectivity index (χ2v) is 8.86. The molecule has 1 heterocycles. The summed E-state index contributed by atoms with van der Waals surface area (Å²) in [5.74, 6) is 0.418. The number of allylic oxidation sites excluding steroid dienone is 3. The maximum absolute atomic E-state index is 13.5. The SMILES string of the molecule is CCCC/C=C/C(=O)C/C=C/[C@@H](C)[C@@]1(Cc2ccccc2)N=C(c2c(OC)cccc2OC)OC1=O. The van der Waals surface area contributed by atoms with Crippen molar-refractivity contribution in [3.63, 3.8) is 0 Å². The standard InChI is InChI=1S/C30H35NO5/c1-5-6-7-11-17-24(32)18-12-14-22(2)30(21-23-15-9-8-10-16-23)29(33)36-28(31-30)27-25(34-3)19-13-20-26(27)35-4/h8-17,19-20,22H,5-7,18,21H2,1-4H3/b14-12+,17-11+/t22-,30-/m1/s1. The lowest BCUT2D eigenvalue weighted by molar-refractivity contribution is -0.140. The van der Waals surface area contributed by atoms with Crippen molar-refractivity contribution in [2.45, 2.75) is 51.5 Å². The highest BCUT2D eigenvalue weighted by Crippen LogP contribution is 2.39. The lowest BCUT2D eigenvalue weighted by Crippen LogP contribution is -2.42. The van der Waals surface area contributed by atoms with Gasteiger partial charge in [0.2, 0.25) is 5.90 Å². The number of hydrogen-bond donors (Lipinski definition) is 0. The first-order valence-corrected chi connectivity index (χ1v) is 12.4. The summed E-state index contributed by atoms with van der Waals surface area (Å²) in [7, 11) is 3.10. The molecule has 0 fully saturated rings. The van der Waals surface area contributed by atoms with Gasteiger partial charge in [0.05, 0.1) is 14.2 Å². The summed E-state index contributed by atoms with van der Waals surface area (Å²) < 4.78 is 16.8. The van der Waals surface area contributed by atoms with Gasteiger partial charge in [-0.15, -0.1) is 0 Å². The summed E-state index contributed by atoms with van der Waals surface area (Å²) >= 11 is 0. The molecule has 190 valence electrons. The van der Waals surface area contributed by atoms with Gasteiger partial charge >= 0.3 is 5.97 Å². The Morgan fingerprint density at radius 2 is 1.75 bits per heavy atom. The van der Waals surface area contributed by atoms with E-state index >= 15 is 0 Å². The monoisotopic (exact) mass is 489 g/mol. The fourth-order valence-electron chi connectivity index (χ4n) is 4.21. The molecule has 0 saturated carbocycles. The molecule has 1 aliphatic heterocycles. The summed E-state index contributed by atoms with van der Waals surface area (Å²) in [5, 5.41) is 0. The Bertz CT molecular complexity index is 1110. The Balaban J connectivity index is 1.94. The summed E-state index contributed by atoms with van der Waals surface area (Å²) in [6.07, 6.45) is 10.9. The molecular weight excluding hydrogens is 454 g/mol. The molecule has 0 radical (unpaired) electrons. The number of hydrogen-bond acceptors (Lipinski definition) is 6. The van der Waals surface area contributed by atoms with E-state index in [4.69, 9.17) is 19.2 Å². The highest BCUT2D eigenvalue weighted by Gasteiger charge is 2.50. The Morgan fingerprint density at radius 1 is 1.06 bits per heavy atom. The van der Waals surface area contributed by atoms with E-state index in [1.807, 2.05) is 55.5 Å². The van der Waals surface area contributed by atoms with Gasteiger partial charge in [0.15, 0.2) is 11.3 Å². The third-order valence-electron chi connectivity index (χ3n) is 6.33. The van der Waals surface area contributed by atoms with E-state index in [9.17, 15) is 9.59 Å². The molecule has 1 aliphatic rings. The molecule has 0 unspecified atom stereocenters. The van der Waals surface area contributed by atoms with Gasteiger partial charge in [-0.2, -0.15) is 0 Å². The molecule has 36 heavy (non-hydrogen) atoms. The van der Waals surface area contributed by atoms with Crippen molar-refractivity contribution in [2.75, 3.05) is 14.2 Å². The van der Waals surface area contributed by atoms with Crippen molar-refractivity contribution in [1.29, 1.82) is 0 Å². The predicted molar refractivity (Wildman–Crippen MR) is 142 cm³/mol. The highest BCUT2D eigenvalue weighted by atomic mass is 16.6. The van der Waals surface area contributed by atoms with Gasteiger partial charge < -0.3 is 14.2 Å². The van der Waals surface area contributed by atoms with Crippen LogP contribution in [-0.2, 0) is 20.7 Å². The van der Waals surface area contributed by atoms with Crippen LogP contribution in [0.2, 0.25) is 0 Å². The molecule has 0 N–H and O–H groups in total. The topological polar surface area (TPSA) is 74.2 Å². The van der Waals surface area contributed by atoms with Crippen LogP contribution in [0, 0.1) is 5.92 Å². The number of ether oxygens (including phenoxy) is 3. The van der Waals surface area contributed by atoms with Gasteiger partial charge in [-0.25, -0.2) is 9.79 Å². The van der Waals surface area contributed by atoms with Crippen LogP contribution in [0.5, 0.6) is 11.5 Å². The van der Waals surface area contributed by atoms with Crippen LogP contribution in [-0.4, -0.2) is 37.4 Å². The van der Waals surface area contributed by atoms with Gasteiger partial charge in [-0.1, -0.05) is 81.3 Å². The van der Waals surface area contributed by atoms with E-state index in [0.717, 1.165) is 24.8 Å². The first kappa shape index (κ1) is 26.9. The summed E-state index contributed by atoms with van der Waals surface area (Å²) in [5.41, 5.74) is 0.259. The molecule has 6 heteroatoms. The second kappa shape index (κ2) is 12.9. The Labute approximate surface area is 213 Å². The van der Waals surface area contributed by atoms with Crippen molar-refractivity contribution in [3.8, 4) is 11.5 Å². The van der Waals surface area contributed by atoms with Gasteiger partial charge in [-0.3, -0.25) is 4.79 Å². The molecule has 0 aromatic heterocycles. The number of carbonyl (C=O) groups excluding carboxylic acids is 2. The molecule has 0 aliphatic carbocycles. The van der Waals surface area contributed by atoms with Gasteiger partial charge in [0.25, 0.3) is 0 Å². The van der Waals surface area contributed by atoms with Crippen LogP contribution in [0.25, 0.3) is 0 Å². The Kier molecular flexibility index (Phi) is 9.62. The molecule has 0 bridgehead atoms. The second-order valence-electron chi connectivity index (χ2n) is 8.86. The molecule has 2 aromatic rings.